The number of sulfonamides is 1. The molecule has 0 bridgehead atoms. The Morgan fingerprint density at radius 2 is 1.72 bits per heavy atom. The number of amides is 1. The second kappa shape index (κ2) is 11.5. The Balaban J connectivity index is 1.68. The highest BCUT2D eigenvalue weighted by Gasteiger charge is 2.26. The molecule has 0 aromatic heterocycles. The molecule has 0 atom stereocenters. The van der Waals surface area contributed by atoms with Crippen molar-refractivity contribution >= 4 is 33.5 Å². The Labute approximate surface area is 177 Å². The Bertz CT molecular complexity index is 775. The number of benzene rings is 1. The number of likely N-dealkylation sites (tertiary alicyclic amines) is 1. The molecule has 1 aromatic rings. The number of nitrogens with one attached hydrogen (secondary N) is 1. The standard InChI is InChI=1S/C20H29ClN2O5S/c1-2-28-20(25)7-5-3-4-6-19(24)23-14-12-17(13-15-23)22-29(26,27)18-10-8-16(21)9-11-18/h8-11,17,22H,2-7,12-15H2,1H3. The minimum Gasteiger partial charge on any atom is -0.466 e. The first kappa shape index (κ1) is 23.6. The van der Waals surface area contributed by atoms with E-state index in [4.69, 9.17) is 16.3 Å². The molecule has 2 rings (SSSR count). The largest absolute Gasteiger partial charge is 0.466 e. The summed E-state index contributed by atoms with van der Waals surface area (Å²) in [5.41, 5.74) is 0. The Morgan fingerprint density at radius 3 is 2.34 bits per heavy atom. The van der Waals surface area contributed by atoms with E-state index in [0.717, 1.165) is 19.3 Å². The second-order valence-corrected chi connectivity index (χ2v) is 9.25. The van der Waals surface area contributed by atoms with Crippen molar-refractivity contribution in [2.45, 2.75) is 62.8 Å². The molecule has 1 aliphatic rings. The third kappa shape index (κ3) is 7.95. The van der Waals surface area contributed by atoms with Crippen molar-refractivity contribution in [3.8, 4) is 0 Å². The number of esters is 1. The van der Waals surface area contributed by atoms with Gasteiger partial charge in [-0.2, -0.15) is 0 Å². The van der Waals surface area contributed by atoms with Crippen LogP contribution in [0.3, 0.4) is 0 Å². The molecule has 1 N–H and O–H groups in total. The number of hydrogen-bond acceptors (Lipinski definition) is 5. The van der Waals surface area contributed by atoms with Crippen molar-refractivity contribution < 1.29 is 22.7 Å². The van der Waals surface area contributed by atoms with Gasteiger partial charge in [0.05, 0.1) is 11.5 Å². The van der Waals surface area contributed by atoms with Gasteiger partial charge < -0.3 is 9.64 Å². The summed E-state index contributed by atoms with van der Waals surface area (Å²) in [7, 11) is -3.60. The molecule has 1 heterocycles. The fraction of sp³-hybridized carbons (Fsp3) is 0.600. The summed E-state index contributed by atoms with van der Waals surface area (Å²) in [5.74, 6) is -0.109. The van der Waals surface area contributed by atoms with E-state index in [0.29, 0.717) is 50.4 Å². The minimum absolute atomic E-state index is 0.0835. The molecule has 9 heteroatoms. The van der Waals surface area contributed by atoms with E-state index in [1.165, 1.54) is 12.1 Å². The average Bonchev–Trinajstić information content (AvgIpc) is 2.68. The molecule has 162 valence electrons. The van der Waals surface area contributed by atoms with Crippen LogP contribution in [0.15, 0.2) is 29.2 Å². The minimum atomic E-state index is -3.60. The fourth-order valence-corrected chi connectivity index (χ4v) is 4.69. The van der Waals surface area contributed by atoms with Crippen molar-refractivity contribution in [2.75, 3.05) is 19.7 Å². The number of piperidine rings is 1. The lowest BCUT2D eigenvalue weighted by Gasteiger charge is -2.32. The molecule has 29 heavy (non-hydrogen) atoms. The lowest BCUT2D eigenvalue weighted by Crippen LogP contribution is -2.46. The summed E-state index contributed by atoms with van der Waals surface area (Å²) in [6.07, 6.45) is 4.28. The summed E-state index contributed by atoms with van der Waals surface area (Å²) >= 11 is 5.81. The fourth-order valence-electron chi connectivity index (χ4n) is 3.26. The van der Waals surface area contributed by atoms with Gasteiger partial charge in [-0.25, -0.2) is 13.1 Å². The molecule has 1 aromatic carbocycles. The van der Waals surface area contributed by atoms with Crippen LogP contribution in [0, 0.1) is 0 Å². The number of carbonyl (C=O) groups is 2. The van der Waals surface area contributed by atoms with Crippen molar-refractivity contribution in [3.05, 3.63) is 29.3 Å². The molecule has 1 fully saturated rings. The van der Waals surface area contributed by atoms with Crippen molar-refractivity contribution in [3.63, 3.8) is 0 Å². The van der Waals surface area contributed by atoms with E-state index in [-0.39, 0.29) is 22.8 Å². The highest BCUT2D eigenvalue weighted by atomic mass is 35.5. The quantitative estimate of drug-likeness (QED) is 0.442. The summed E-state index contributed by atoms with van der Waals surface area (Å²) in [5, 5.41) is 0.483. The zero-order chi connectivity index (χ0) is 21.3. The van der Waals surface area contributed by atoms with Gasteiger partial charge in [-0.3, -0.25) is 9.59 Å². The van der Waals surface area contributed by atoms with E-state index in [1.807, 2.05) is 0 Å². The van der Waals surface area contributed by atoms with Crippen LogP contribution >= 0.6 is 11.6 Å². The van der Waals surface area contributed by atoms with Crippen LogP contribution < -0.4 is 4.72 Å². The molecular weight excluding hydrogens is 416 g/mol. The molecule has 0 unspecified atom stereocenters. The van der Waals surface area contributed by atoms with Crippen LogP contribution in [-0.4, -0.2) is 50.9 Å². The maximum Gasteiger partial charge on any atom is 0.305 e. The van der Waals surface area contributed by atoms with Crippen molar-refractivity contribution in [2.24, 2.45) is 0 Å². The summed E-state index contributed by atoms with van der Waals surface area (Å²) in [6.45, 7) is 3.25. The smallest absolute Gasteiger partial charge is 0.305 e. The molecule has 1 aliphatic heterocycles. The third-order valence-electron chi connectivity index (χ3n) is 4.87. The number of halogens is 1. The van der Waals surface area contributed by atoms with Gasteiger partial charge in [0.2, 0.25) is 15.9 Å². The van der Waals surface area contributed by atoms with Crippen LogP contribution in [0.25, 0.3) is 0 Å². The van der Waals surface area contributed by atoms with Crippen LogP contribution in [-0.2, 0) is 24.3 Å². The second-order valence-electron chi connectivity index (χ2n) is 7.10. The number of carbonyl (C=O) groups excluding carboxylic acids is 2. The van der Waals surface area contributed by atoms with Crippen molar-refractivity contribution in [1.29, 1.82) is 0 Å². The molecular formula is C20H29ClN2O5S. The summed E-state index contributed by atoms with van der Waals surface area (Å²) < 4.78 is 32.5. The molecule has 0 aliphatic carbocycles. The number of hydrogen-bond donors (Lipinski definition) is 1. The maximum absolute atomic E-state index is 12.5. The van der Waals surface area contributed by atoms with Gasteiger partial charge >= 0.3 is 5.97 Å². The summed E-state index contributed by atoms with van der Waals surface area (Å²) in [4.78, 5) is 25.6. The zero-order valence-corrected chi connectivity index (χ0v) is 18.3. The SMILES string of the molecule is CCOC(=O)CCCCCC(=O)N1CCC(NS(=O)(=O)c2ccc(Cl)cc2)CC1. The number of unbranched alkanes of at least 4 members (excludes halogenated alkanes) is 2. The molecule has 1 amide bonds. The van der Waals surface area contributed by atoms with Gasteiger partial charge in [-0.15, -0.1) is 0 Å². The lowest BCUT2D eigenvalue weighted by molar-refractivity contribution is -0.143. The number of nitrogens with zero attached hydrogens (tertiary/aromatic N) is 1. The molecule has 0 saturated carbocycles. The van der Waals surface area contributed by atoms with Crippen molar-refractivity contribution in [1.82, 2.24) is 9.62 Å². The predicted octanol–water partition coefficient (Wildman–Crippen LogP) is 3.12. The normalized spacial score (nSPS) is 15.3. The van der Waals surface area contributed by atoms with Gasteiger partial charge in [0.15, 0.2) is 0 Å². The summed E-state index contributed by atoms with van der Waals surface area (Å²) in [6, 6.07) is 5.86. The predicted molar refractivity (Wildman–Crippen MR) is 111 cm³/mol. The van der Waals surface area contributed by atoms with Crippen LogP contribution in [0.5, 0.6) is 0 Å². The van der Waals surface area contributed by atoms with E-state index in [9.17, 15) is 18.0 Å². The van der Waals surface area contributed by atoms with Gasteiger partial charge in [0, 0.05) is 37.0 Å². The Morgan fingerprint density at radius 1 is 1.10 bits per heavy atom. The van der Waals surface area contributed by atoms with Gasteiger partial charge in [0.1, 0.15) is 0 Å². The highest BCUT2D eigenvalue weighted by molar-refractivity contribution is 7.89. The Kier molecular flexibility index (Phi) is 9.39. The molecule has 0 radical (unpaired) electrons. The van der Waals surface area contributed by atoms with Gasteiger partial charge in [0.25, 0.3) is 0 Å². The zero-order valence-electron chi connectivity index (χ0n) is 16.7. The maximum atomic E-state index is 12.5. The number of ether oxygens (including phenoxy) is 1. The topological polar surface area (TPSA) is 92.8 Å². The van der Waals surface area contributed by atoms with Crippen LogP contribution in [0.4, 0.5) is 0 Å². The van der Waals surface area contributed by atoms with E-state index >= 15 is 0 Å². The van der Waals surface area contributed by atoms with Crippen LogP contribution in [0.1, 0.15) is 51.9 Å². The Hall–Kier alpha value is -1.64. The monoisotopic (exact) mass is 444 g/mol. The first-order chi connectivity index (χ1) is 13.8. The third-order valence-corrected chi connectivity index (χ3v) is 6.66. The number of rotatable bonds is 10. The average molecular weight is 445 g/mol. The molecule has 0 spiro atoms. The molecule has 1 saturated heterocycles. The highest BCUT2D eigenvalue weighted by Crippen LogP contribution is 2.18. The lowest BCUT2D eigenvalue weighted by atomic mass is 10.1. The van der Waals surface area contributed by atoms with Gasteiger partial charge in [-0.05, 0) is 56.9 Å². The first-order valence-corrected chi connectivity index (χ1v) is 11.9. The van der Waals surface area contributed by atoms with Crippen LogP contribution in [0.2, 0.25) is 5.02 Å². The van der Waals surface area contributed by atoms with Gasteiger partial charge in [-0.1, -0.05) is 18.0 Å². The van der Waals surface area contributed by atoms with E-state index in [1.54, 1.807) is 24.0 Å². The molecule has 7 nitrogen and oxygen atoms in total. The van der Waals surface area contributed by atoms with E-state index in [2.05, 4.69) is 4.72 Å². The first-order valence-electron chi connectivity index (χ1n) is 10.0. The van der Waals surface area contributed by atoms with E-state index < -0.39 is 10.0 Å².